The van der Waals surface area contributed by atoms with Crippen molar-refractivity contribution in [1.82, 2.24) is 9.80 Å². The van der Waals surface area contributed by atoms with Gasteiger partial charge in [-0.05, 0) is 17.2 Å². The Bertz CT molecular complexity index is 1250. The number of non-ortho nitro benzene ring substituents is 1. The van der Waals surface area contributed by atoms with Gasteiger partial charge >= 0.3 is 6.03 Å². The molecule has 0 radical (unpaired) electrons. The lowest BCUT2D eigenvalue weighted by molar-refractivity contribution is -0.384. The van der Waals surface area contributed by atoms with Gasteiger partial charge in [0.1, 0.15) is 12.6 Å². The van der Waals surface area contributed by atoms with Crippen molar-refractivity contribution in [1.29, 1.82) is 0 Å². The first-order valence-electron chi connectivity index (χ1n) is 10.3. The number of rotatable bonds is 7. The van der Waals surface area contributed by atoms with E-state index < -0.39 is 35.4 Å². The fraction of sp³-hybridized carbons (Fsp3) is 0.125. The minimum absolute atomic E-state index is 0.0145. The molecule has 0 aliphatic carbocycles. The van der Waals surface area contributed by atoms with E-state index in [0.29, 0.717) is 5.56 Å². The second-order valence-electron chi connectivity index (χ2n) is 7.60. The van der Waals surface area contributed by atoms with Crippen molar-refractivity contribution >= 4 is 40.8 Å². The van der Waals surface area contributed by atoms with Gasteiger partial charge in [0.25, 0.3) is 11.6 Å². The van der Waals surface area contributed by atoms with Crippen molar-refractivity contribution in [3.8, 4) is 0 Å². The maximum atomic E-state index is 13.3. The number of hydrogen-bond donors (Lipinski definition) is 1. The van der Waals surface area contributed by atoms with Gasteiger partial charge in [0.2, 0.25) is 5.91 Å². The molecule has 4 rings (SSSR count). The van der Waals surface area contributed by atoms with Crippen LogP contribution in [0.25, 0.3) is 0 Å². The van der Waals surface area contributed by atoms with E-state index in [4.69, 9.17) is 11.6 Å². The van der Waals surface area contributed by atoms with Gasteiger partial charge in [-0.3, -0.25) is 24.6 Å². The molecule has 3 aromatic carbocycles. The number of halogens is 1. The Kier molecular flexibility index (Phi) is 6.55. The van der Waals surface area contributed by atoms with E-state index in [1.165, 1.54) is 17.0 Å². The summed E-state index contributed by atoms with van der Waals surface area (Å²) in [5, 5.41) is 13.6. The van der Waals surface area contributed by atoms with E-state index in [0.717, 1.165) is 16.5 Å². The molecule has 1 aliphatic rings. The summed E-state index contributed by atoms with van der Waals surface area (Å²) in [6, 6.07) is 20.2. The molecule has 1 N–H and O–H groups in total. The molecule has 1 unspecified atom stereocenters. The number of hydrogen-bond acceptors (Lipinski definition) is 5. The fourth-order valence-electron chi connectivity index (χ4n) is 3.74. The number of amides is 4. The van der Waals surface area contributed by atoms with Gasteiger partial charge in [-0.15, -0.1) is 0 Å². The van der Waals surface area contributed by atoms with E-state index in [1.807, 2.05) is 30.3 Å². The maximum absolute atomic E-state index is 13.3. The van der Waals surface area contributed by atoms with Crippen LogP contribution in [-0.4, -0.2) is 39.1 Å². The molecule has 1 atom stereocenters. The fourth-order valence-corrected chi connectivity index (χ4v) is 3.90. The molecule has 9 nitrogen and oxygen atoms in total. The summed E-state index contributed by atoms with van der Waals surface area (Å²) >= 11 is 6.04. The van der Waals surface area contributed by atoms with Crippen molar-refractivity contribution in [2.45, 2.75) is 12.6 Å². The zero-order valence-corrected chi connectivity index (χ0v) is 18.5. The zero-order chi connectivity index (χ0) is 24.2. The Hall–Kier alpha value is -4.24. The summed E-state index contributed by atoms with van der Waals surface area (Å²) in [5.74, 6) is -1.25. The molecule has 172 valence electrons. The smallest absolute Gasteiger partial charge is 0.323 e. The minimum Gasteiger partial charge on any atom is -0.323 e. The number of nitro benzene ring substituents is 1. The molecule has 10 heteroatoms. The summed E-state index contributed by atoms with van der Waals surface area (Å²) in [5.41, 5.74) is 1.22. The van der Waals surface area contributed by atoms with Gasteiger partial charge in [-0.2, -0.15) is 0 Å². The summed E-state index contributed by atoms with van der Waals surface area (Å²) in [7, 11) is 0. The van der Waals surface area contributed by atoms with Gasteiger partial charge in [-0.1, -0.05) is 72.3 Å². The third kappa shape index (κ3) is 4.74. The first-order valence-corrected chi connectivity index (χ1v) is 10.7. The SMILES string of the molecule is O=C(CN1C(=O)C(c2ccccc2)N(Cc2ccccc2)C1=O)Nc1cc([N+](=O)[O-])ccc1Cl. The number of anilines is 1. The second-order valence-corrected chi connectivity index (χ2v) is 8.01. The Balaban J connectivity index is 1.57. The molecule has 0 saturated carbocycles. The van der Waals surface area contributed by atoms with Crippen LogP contribution in [0.15, 0.2) is 78.9 Å². The van der Waals surface area contributed by atoms with Crippen LogP contribution >= 0.6 is 11.6 Å². The predicted molar refractivity (Wildman–Crippen MR) is 125 cm³/mol. The monoisotopic (exact) mass is 478 g/mol. The number of carbonyl (C=O) groups excluding carboxylic acids is 3. The average molecular weight is 479 g/mol. The van der Waals surface area contributed by atoms with E-state index in [1.54, 1.807) is 30.3 Å². The molecule has 0 aromatic heterocycles. The number of carbonyl (C=O) groups is 3. The molecule has 1 saturated heterocycles. The minimum atomic E-state index is -0.886. The maximum Gasteiger partial charge on any atom is 0.328 e. The zero-order valence-electron chi connectivity index (χ0n) is 17.8. The molecule has 3 aromatic rings. The second kappa shape index (κ2) is 9.72. The number of nitrogens with zero attached hydrogens (tertiary/aromatic N) is 3. The van der Waals surface area contributed by atoms with Gasteiger partial charge in [0.05, 0.1) is 15.6 Å². The summed E-state index contributed by atoms with van der Waals surface area (Å²) < 4.78 is 0. The van der Waals surface area contributed by atoms with Gasteiger partial charge < -0.3 is 10.2 Å². The van der Waals surface area contributed by atoms with Gasteiger partial charge in [-0.25, -0.2) is 4.79 Å². The Morgan fingerprint density at radius 3 is 2.29 bits per heavy atom. The molecule has 4 amide bonds. The highest BCUT2D eigenvalue weighted by Crippen LogP contribution is 2.33. The standard InChI is InChI=1S/C24H19ClN4O5/c25-19-12-11-18(29(33)34)13-20(19)26-21(30)15-28-23(31)22(17-9-5-2-6-10-17)27(24(28)32)14-16-7-3-1-4-8-16/h1-13,22H,14-15H2,(H,26,30). The van der Waals surface area contributed by atoms with Crippen LogP contribution in [0.1, 0.15) is 17.2 Å². The van der Waals surface area contributed by atoms with Crippen molar-refractivity contribution in [3.05, 3.63) is 105 Å². The summed E-state index contributed by atoms with van der Waals surface area (Å²) in [4.78, 5) is 51.9. The quantitative estimate of drug-likeness (QED) is 0.307. The largest absolute Gasteiger partial charge is 0.328 e. The molecule has 0 bridgehead atoms. The Morgan fingerprint density at radius 2 is 1.65 bits per heavy atom. The molecular weight excluding hydrogens is 460 g/mol. The van der Waals surface area contributed by atoms with Gasteiger partial charge in [0.15, 0.2) is 0 Å². The van der Waals surface area contributed by atoms with Crippen LogP contribution in [0, 0.1) is 10.1 Å². The lowest BCUT2D eigenvalue weighted by Gasteiger charge is -2.22. The van der Waals surface area contributed by atoms with Gasteiger partial charge in [0, 0.05) is 18.7 Å². The summed E-state index contributed by atoms with van der Waals surface area (Å²) in [6.07, 6.45) is 0. The van der Waals surface area contributed by atoms with Crippen molar-refractivity contribution in [2.24, 2.45) is 0 Å². The molecule has 34 heavy (non-hydrogen) atoms. The van der Waals surface area contributed by atoms with Crippen LogP contribution in [0.3, 0.4) is 0 Å². The molecular formula is C24H19ClN4O5. The number of nitrogens with one attached hydrogen (secondary N) is 1. The van der Waals surface area contributed by atoms with Crippen LogP contribution in [-0.2, 0) is 16.1 Å². The van der Waals surface area contributed by atoms with Crippen molar-refractivity contribution in [2.75, 3.05) is 11.9 Å². The predicted octanol–water partition coefficient (Wildman–Crippen LogP) is 4.39. The molecule has 1 heterocycles. The molecule has 0 spiro atoms. The topological polar surface area (TPSA) is 113 Å². The molecule has 1 fully saturated rings. The van der Waals surface area contributed by atoms with E-state index >= 15 is 0 Å². The van der Waals surface area contributed by atoms with Crippen LogP contribution < -0.4 is 5.32 Å². The normalized spacial score (nSPS) is 15.5. The van der Waals surface area contributed by atoms with Crippen LogP contribution in [0.4, 0.5) is 16.2 Å². The lowest BCUT2D eigenvalue weighted by Crippen LogP contribution is -2.38. The number of benzene rings is 3. The third-order valence-corrected chi connectivity index (χ3v) is 5.67. The van der Waals surface area contributed by atoms with Crippen LogP contribution in [0.2, 0.25) is 5.02 Å². The molecule has 1 aliphatic heterocycles. The highest BCUT2D eigenvalue weighted by molar-refractivity contribution is 6.33. The number of urea groups is 1. The Labute approximate surface area is 199 Å². The van der Waals surface area contributed by atoms with E-state index in [9.17, 15) is 24.5 Å². The van der Waals surface area contributed by atoms with Crippen LogP contribution in [0.5, 0.6) is 0 Å². The highest BCUT2D eigenvalue weighted by Gasteiger charge is 2.46. The summed E-state index contributed by atoms with van der Waals surface area (Å²) in [6.45, 7) is -0.384. The number of imide groups is 1. The lowest BCUT2D eigenvalue weighted by atomic mass is 10.1. The van der Waals surface area contributed by atoms with Crippen molar-refractivity contribution < 1.29 is 19.3 Å². The van der Waals surface area contributed by atoms with E-state index in [2.05, 4.69) is 5.32 Å². The Morgan fingerprint density at radius 1 is 1.00 bits per heavy atom. The highest BCUT2D eigenvalue weighted by atomic mass is 35.5. The van der Waals surface area contributed by atoms with E-state index in [-0.39, 0.29) is 22.9 Å². The van der Waals surface area contributed by atoms with Crippen molar-refractivity contribution in [3.63, 3.8) is 0 Å². The third-order valence-electron chi connectivity index (χ3n) is 5.34. The first kappa shape index (κ1) is 22.9. The number of nitro groups is 1. The first-order chi connectivity index (χ1) is 16.3. The average Bonchev–Trinajstić information content (AvgIpc) is 3.05.